The van der Waals surface area contributed by atoms with E-state index in [1.54, 1.807) is 0 Å². The predicted molar refractivity (Wildman–Crippen MR) is 66.8 cm³/mol. The monoisotopic (exact) mass is 261 g/mol. The van der Waals surface area contributed by atoms with Gasteiger partial charge in [-0.3, -0.25) is 4.79 Å². The Balaban J connectivity index is 1.80. The Morgan fingerprint density at radius 3 is 3.05 bits per heavy atom. The van der Waals surface area contributed by atoms with Gasteiger partial charge in [0.05, 0.1) is 6.61 Å². The Kier molecular flexibility index (Phi) is 2.89. The van der Waals surface area contributed by atoms with Crippen molar-refractivity contribution in [2.24, 2.45) is 0 Å². The van der Waals surface area contributed by atoms with E-state index in [-0.39, 0.29) is 5.91 Å². The largest absolute Gasteiger partial charge is 0.493 e. The minimum atomic E-state index is -0.921. The first-order valence-electron chi connectivity index (χ1n) is 6.42. The summed E-state index contributed by atoms with van der Waals surface area (Å²) in [6.07, 6.45) is 1.60. The summed E-state index contributed by atoms with van der Waals surface area (Å²) in [7, 11) is 0. The van der Waals surface area contributed by atoms with Gasteiger partial charge in [0.1, 0.15) is 11.8 Å². The lowest BCUT2D eigenvalue weighted by molar-refractivity contribution is -0.146. The number of aliphatic carboxylic acids is 1. The molecule has 0 radical (unpaired) electrons. The highest BCUT2D eigenvalue weighted by atomic mass is 16.5. The van der Waals surface area contributed by atoms with E-state index in [0.29, 0.717) is 26.0 Å². The lowest BCUT2D eigenvalue weighted by Crippen LogP contribution is -2.37. The normalized spacial score (nSPS) is 21.4. The van der Waals surface area contributed by atoms with Gasteiger partial charge in [0.15, 0.2) is 0 Å². The fourth-order valence-electron chi connectivity index (χ4n) is 2.72. The first-order chi connectivity index (χ1) is 9.15. The number of benzene rings is 1. The van der Waals surface area contributed by atoms with Crippen LogP contribution < -0.4 is 4.74 Å². The molecule has 3 rings (SSSR count). The van der Waals surface area contributed by atoms with E-state index < -0.39 is 12.0 Å². The third kappa shape index (κ3) is 2.16. The summed E-state index contributed by atoms with van der Waals surface area (Å²) in [5, 5.41) is 9.12. The minimum absolute atomic E-state index is 0.0795. The molecule has 2 aliphatic rings. The first kappa shape index (κ1) is 12.0. The number of likely N-dealkylation sites (tertiary alicyclic amines) is 1. The zero-order valence-electron chi connectivity index (χ0n) is 10.5. The van der Waals surface area contributed by atoms with Gasteiger partial charge in [0.2, 0.25) is 5.91 Å². The topological polar surface area (TPSA) is 66.8 Å². The van der Waals surface area contributed by atoms with E-state index in [2.05, 4.69) is 0 Å². The van der Waals surface area contributed by atoms with Crippen LogP contribution in [0.4, 0.5) is 0 Å². The van der Waals surface area contributed by atoms with Gasteiger partial charge < -0.3 is 14.7 Å². The number of rotatable bonds is 3. The van der Waals surface area contributed by atoms with E-state index in [4.69, 9.17) is 9.84 Å². The molecule has 1 fully saturated rings. The highest BCUT2D eigenvalue weighted by Gasteiger charge is 2.35. The van der Waals surface area contributed by atoms with Crippen LogP contribution in [0.1, 0.15) is 24.0 Å². The molecule has 2 aliphatic heterocycles. The second kappa shape index (κ2) is 4.57. The van der Waals surface area contributed by atoms with Crippen LogP contribution >= 0.6 is 0 Å². The summed E-state index contributed by atoms with van der Waals surface area (Å²) in [6.45, 7) is 1.06. The molecule has 1 saturated heterocycles. The highest BCUT2D eigenvalue weighted by molar-refractivity contribution is 5.87. The van der Waals surface area contributed by atoms with Crippen molar-refractivity contribution in [2.45, 2.75) is 31.8 Å². The van der Waals surface area contributed by atoms with Crippen LogP contribution in [-0.4, -0.2) is 34.5 Å². The number of carbonyl (C=O) groups is 2. The second-order valence-corrected chi connectivity index (χ2v) is 4.95. The number of hydrogen-bond acceptors (Lipinski definition) is 3. The lowest BCUT2D eigenvalue weighted by atomic mass is 10.1. The molecule has 1 amide bonds. The van der Waals surface area contributed by atoms with Crippen molar-refractivity contribution in [3.8, 4) is 5.75 Å². The van der Waals surface area contributed by atoms with Crippen LogP contribution in [0.2, 0.25) is 0 Å². The molecule has 5 nitrogen and oxygen atoms in total. The van der Waals surface area contributed by atoms with Crippen molar-refractivity contribution in [3.63, 3.8) is 0 Å². The van der Waals surface area contributed by atoms with Gasteiger partial charge in [-0.1, -0.05) is 12.1 Å². The molecule has 0 spiro atoms. The molecule has 0 bridgehead atoms. The molecule has 1 unspecified atom stereocenters. The zero-order valence-corrected chi connectivity index (χ0v) is 10.5. The number of carbonyl (C=O) groups excluding carboxylic acids is 1. The Morgan fingerprint density at radius 1 is 1.42 bits per heavy atom. The maximum atomic E-state index is 11.8. The summed E-state index contributed by atoms with van der Waals surface area (Å²) >= 11 is 0. The number of nitrogens with zero attached hydrogens (tertiary/aromatic N) is 1. The van der Waals surface area contributed by atoms with Gasteiger partial charge in [0, 0.05) is 19.4 Å². The van der Waals surface area contributed by atoms with E-state index in [1.807, 2.05) is 18.2 Å². The third-order valence-corrected chi connectivity index (χ3v) is 3.72. The maximum Gasteiger partial charge on any atom is 0.326 e. The Morgan fingerprint density at radius 2 is 2.26 bits per heavy atom. The van der Waals surface area contributed by atoms with E-state index in [9.17, 15) is 9.59 Å². The molecule has 1 N–H and O–H groups in total. The van der Waals surface area contributed by atoms with E-state index in [1.165, 1.54) is 4.90 Å². The predicted octanol–water partition coefficient (Wildman–Crippen LogP) is 1.20. The summed E-state index contributed by atoms with van der Waals surface area (Å²) < 4.78 is 5.43. The summed E-state index contributed by atoms with van der Waals surface area (Å²) in [6, 6.07) is 5.12. The zero-order chi connectivity index (χ0) is 13.4. The minimum Gasteiger partial charge on any atom is -0.493 e. The molecule has 0 aliphatic carbocycles. The molecular formula is C14H15NO4. The van der Waals surface area contributed by atoms with Crippen LogP contribution in [0.5, 0.6) is 5.75 Å². The van der Waals surface area contributed by atoms with Crippen molar-refractivity contribution >= 4 is 11.9 Å². The van der Waals surface area contributed by atoms with Crippen molar-refractivity contribution in [2.75, 3.05) is 6.61 Å². The summed E-state index contributed by atoms with van der Waals surface area (Å²) in [4.78, 5) is 24.3. The fraction of sp³-hybridized carbons (Fsp3) is 0.429. The van der Waals surface area contributed by atoms with Crippen molar-refractivity contribution in [1.29, 1.82) is 0 Å². The van der Waals surface area contributed by atoms with Crippen LogP contribution in [0, 0.1) is 0 Å². The first-order valence-corrected chi connectivity index (χ1v) is 6.42. The molecule has 1 aromatic carbocycles. The molecule has 100 valence electrons. The Labute approximate surface area is 110 Å². The van der Waals surface area contributed by atoms with Crippen molar-refractivity contribution < 1.29 is 19.4 Å². The lowest BCUT2D eigenvalue weighted by Gasteiger charge is -2.21. The van der Waals surface area contributed by atoms with Gasteiger partial charge in [-0.25, -0.2) is 4.79 Å². The van der Waals surface area contributed by atoms with Crippen LogP contribution in [-0.2, 0) is 22.6 Å². The van der Waals surface area contributed by atoms with E-state index in [0.717, 1.165) is 23.3 Å². The molecule has 1 aromatic rings. The number of ether oxygens (including phenoxy) is 1. The molecule has 0 aromatic heterocycles. The van der Waals surface area contributed by atoms with E-state index >= 15 is 0 Å². The molecule has 0 saturated carbocycles. The summed E-state index contributed by atoms with van der Waals surface area (Å²) in [5.74, 6) is -0.106. The van der Waals surface area contributed by atoms with Crippen molar-refractivity contribution in [3.05, 3.63) is 29.3 Å². The Bertz CT molecular complexity index is 540. The number of hydrogen-bond donors (Lipinski definition) is 1. The number of fused-ring (bicyclic) bond motifs is 1. The smallest absolute Gasteiger partial charge is 0.326 e. The molecule has 1 atom stereocenters. The van der Waals surface area contributed by atoms with Crippen molar-refractivity contribution in [1.82, 2.24) is 4.90 Å². The Hall–Kier alpha value is -2.04. The SMILES string of the molecule is O=C(O)C1CCC(=O)N1Cc1ccc2c(c1)CCO2. The number of carboxylic acid groups (broad SMARTS) is 1. The third-order valence-electron chi connectivity index (χ3n) is 3.72. The van der Waals surface area contributed by atoms with Crippen LogP contribution in [0.25, 0.3) is 0 Å². The number of amides is 1. The highest BCUT2D eigenvalue weighted by Crippen LogP contribution is 2.28. The van der Waals surface area contributed by atoms with Gasteiger partial charge in [0.25, 0.3) is 0 Å². The fourth-order valence-corrected chi connectivity index (χ4v) is 2.72. The molecule has 5 heteroatoms. The van der Waals surface area contributed by atoms with Crippen LogP contribution in [0.15, 0.2) is 18.2 Å². The second-order valence-electron chi connectivity index (χ2n) is 4.95. The van der Waals surface area contributed by atoms with Gasteiger partial charge in [-0.2, -0.15) is 0 Å². The summed E-state index contributed by atoms with van der Waals surface area (Å²) in [5.41, 5.74) is 2.10. The number of carboxylic acids is 1. The average Bonchev–Trinajstić information content (AvgIpc) is 2.97. The quantitative estimate of drug-likeness (QED) is 0.887. The molecule has 2 heterocycles. The van der Waals surface area contributed by atoms with Gasteiger partial charge in [-0.05, 0) is 23.6 Å². The van der Waals surface area contributed by atoms with Gasteiger partial charge in [-0.15, -0.1) is 0 Å². The molecular weight excluding hydrogens is 246 g/mol. The average molecular weight is 261 g/mol. The molecule has 19 heavy (non-hydrogen) atoms. The standard InChI is InChI=1S/C14H15NO4/c16-13-4-2-11(14(17)18)15(13)8-9-1-3-12-10(7-9)5-6-19-12/h1,3,7,11H,2,4-6,8H2,(H,17,18). The van der Waals surface area contributed by atoms with Gasteiger partial charge >= 0.3 is 5.97 Å². The maximum absolute atomic E-state index is 11.8. The van der Waals surface area contributed by atoms with Crippen LogP contribution in [0.3, 0.4) is 0 Å².